The molecule has 0 saturated carbocycles. The van der Waals surface area contributed by atoms with Crippen LogP contribution in [0.15, 0.2) is 29.4 Å². The molecule has 0 spiro atoms. The summed E-state index contributed by atoms with van der Waals surface area (Å²) in [6.07, 6.45) is -3.61. The number of rotatable bonds is 3. The maximum Gasteiger partial charge on any atom is 0.416 e. The number of phenols is 1. The van der Waals surface area contributed by atoms with Crippen molar-refractivity contribution in [3.8, 4) is 16.9 Å². The third-order valence-electron chi connectivity index (χ3n) is 3.88. The highest BCUT2D eigenvalue weighted by Crippen LogP contribution is 2.40. The van der Waals surface area contributed by atoms with Crippen molar-refractivity contribution < 1.29 is 27.9 Å². The van der Waals surface area contributed by atoms with Crippen LogP contribution in [0.4, 0.5) is 17.6 Å². The van der Waals surface area contributed by atoms with Gasteiger partial charge in [-0.15, -0.1) is 5.10 Å². The number of fused-ring (bicyclic) bond motifs is 1. The van der Waals surface area contributed by atoms with Crippen LogP contribution in [0.3, 0.4) is 0 Å². The first kappa shape index (κ1) is 18.9. The van der Waals surface area contributed by atoms with Crippen molar-refractivity contribution in [2.45, 2.75) is 19.1 Å². The Morgan fingerprint density at radius 2 is 1.96 bits per heavy atom. The highest BCUT2D eigenvalue weighted by atomic mass is 35.5. The monoisotopic (exact) mass is 402 g/mol. The van der Waals surface area contributed by atoms with Crippen LogP contribution in [0.5, 0.6) is 5.75 Å². The highest BCUT2D eigenvalue weighted by Gasteiger charge is 2.32. The zero-order valence-corrected chi connectivity index (χ0v) is 14.3. The van der Waals surface area contributed by atoms with Crippen LogP contribution in [0.2, 0.25) is 5.02 Å². The van der Waals surface area contributed by atoms with Crippen LogP contribution < -0.4 is 0 Å². The van der Waals surface area contributed by atoms with Gasteiger partial charge in [-0.2, -0.15) is 13.2 Å². The predicted molar refractivity (Wildman–Crippen MR) is 89.6 cm³/mol. The van der Waals surface area contributed by atoms with E-state index in [0.29, 0.717) is 12.1 Å². The fourth-order valence-corrected chi connectivity index (χ4v) is 2.96. The molecule has 2 N–H and O–H groups in total. The number of benzene rings is 2. The molecule has 1 unspecified atom stereocenters. The Morgan fingerprint density at radius 3 is 2.56 bits per heavy atom. The second-order valence-corrected chi connectivity index (χ2v) is 6.12. The molecule has 0 bridgehead atoms. The zero-order valence-electron chi connectivity index (χ0n) is 13.5. The summed E-state index contributed by atoms with van der Waals surface area (Å²) in [4.78, 5) is 0. The predicted octanol–water partition coefficient (Wildman–Crippen LogP) is 4.64. The molecule has 0 amide bonds. The van der Waals surface area contributed by atoms with E-state index in [0.717, 1.165) is 12.3 Å². The van der Waals surface area contributed by atoms with E-state index in [2.05, 4.69) is 15.5 Å². The zero-order chi connectivity index (χ0) is 19.9. The lowest BCUT2D eigenvalue weighted by molar-refractivity contribution is -0.137. The number of halogens is 5. The van der Waals surface area contributed by atoms with Gasteiger partial charge < -0.3 is 10.3 Å². The largest absolute Gasteiger partial charge is 0.506 e. The first-order chi connectivity index (χ1) is 12.6. The van der Waals surface area contributed by atoms with Crippen LogP contribution in [0.25, 0.3) is 22.2 Å². The van der Waals surface area contributed by atoms with Gasteiger partial charge in [0.05, 0.1) is 28.4 Å². The molecule has 0 aliphatic rings. The van der Waals surface area contributed by atoms with Crippen LogP contribution >= 0.6 is 11.6 Å². The lowest BCUT2D eigenvalue weighted by atomic mass is 10.0. The molecule has 0 aliphatic carbocycles. The van der Waals surface area contributed by atoms with E-state index in [1.165, 1.54) is 10.7 Å². The average molecular weight is 403 g/mol. The molecule has 11 heteroatoms. The Balaban J connectivity index is 2.22. The van der Waals surface area contributed by atoms with Crippen molar-refractivity contribution in [2.24, 2.45) is 5.16 Å². The smallest absolute Gasteiger partial charge is 0.416 e. The van der Waals surface area contributed by atoms with E-state index in [1.54, 1.807) is 6.92 Å². The van der Waals surface area contributed by atoms with Crippen molar-refractivity contribution in [3.05, 3.63) is 40.7 Å². The average Bonchev–Trinajstić information content (AvgIpc) is 2.98. The summed E-state index contributed by atoms with van der Waals surface area (Å²) >= 11 is 5.89. The van der Waals surface area contributed by atoms with E-state index < -0.39 is 28.6 Å². The third kappa shape index (κ3) is 3.39. The summed E-state index contributed by atoms with van der Waals surface area (Å²) in [6.45, 7) is 1.61. The van der Waals surface area contributed by atoms with Crippen molar-refractivity contribution >= 4 is 28.8 Å². The minimum Gasteiger partial charge on any atom is -0.506 e. The minimum atomic E-state index is -4.75. The summed E-state index contributed by atoms with van der Waals surface area (Å²) in [7, 11) is 0. The van der Waals surface area contributed by atoms with E-state index in [4.69, 9.17) is 16.8 Å². The SMILES string of the molecule is CC(C=NO)n1nnc2c(O)cc(-c3c(F)cc(C(F)(F)F)cc3Cl)cc21. The summed E-state index contributed by atoms with van der Waals surface area (Å²) < 4.78 is 54.1. The number of alkyl halides is 3. The highest BCUT2D eigenvalue weighted by molar-refractivity contribution is 6.33. The van der Waals surface area contributed by atoms with Crippen molar-refractivity contribution in [1.82, 2.24) is 15.0 Å². The van der Waals surface area contributed by atoms with Gasteiger partial charge in [-0.25, -0.2) is 9.07 Å². The normalized spacial score (nSPS) is 13.6. The van der Waals surface area contributed by atoms with Gasteiger partial charge in [0.15, 0.2) is 5.52 Å². The quantitative estimate of drug-likeness (QED) is 0.289. The molecular formula is C16H11ClF4N4O2. The molecule has 0 fully saturated rings. The lowest BCUT2D eigenvalue weighted by Crippen LogP contribution is -2.08. The van der Waals surface area contributed by atoms with E-state index in [-0.39, 0.29) is 27.9 Å². The van der Waals surface area contributed by atoms with Crippen LogP contribution in [0.1, 0.15) is 18.5 Å². The molecule has 3 rings (SSSR count). The number of hydrogen-bond donors (Lipinski definition) is 2. The van der Waals surface area contributed by atoms with Gasteiger partial charge in [-0.1, -0.05) is 22.0 Å². The van der Waals surface area contributed by atoms with Gasteiger partial charge in [-0.05, 0) is 36.8 Å². The number of nitrogens with zero attached hydrogens (tertiary/aromatic N) is 4. The molecule has 1 heterocycles. The molecule has 27 heavy (non-hydrogen) atoms. The van der Waals surface area contributed by atoms with Crippen LogP contribution in [0, 0.1) is 5.82 Å². The summed E-state index contributed by atoms with van der Waals surface area (Å²) in [5, 5.41) is 28.9. The Hall–Kier alpha value is -2.88. The fraction of sp³-hybridized carbons (Fsp3) is 0.188. The van der Waals surface area contributed by atoms with Crippen molar-refractivity contribution in [3.63, 3.8) is 0 Å². The first-order valence-electron chi connectivity index (χ1n) is 7.45. The molecule has 1 aromatic heterocycles. The molecule has 1 atom stereocenters. The van der Waals surface area contributed by atoms with Gasteiger partial charge in [0.25, 0.3) is 0 Å². The topological polar surface area (TPSA) is 83.5 Å². The Kier molecular flexibility index (Phi) is 4.68. The molecule has 0 saturated heterocycles. The van der Waals surface area contributed by atoms with E-state index in [1.807, 2.05) is 0 Å². The maximum atomic E-state index is 14.4. The van der Waals surface area contributed by atoms with E-state index in [9.17, 15) is 22.7 Å². The number of phenolic OH excluding ortho intramolecular Hbond substituents is 1. The van der Waals surface area contributed by atoms with Gasteiger partial charge in [0, 0.05) is 5.56 Å². The Morgan fingerprint density at radius 1 is 1.26 bits per heavy atom. The van der Waals surface area contributed by atoms with Crippen molar-refractivity contribution in [2.75, 3.05) is 0 Å². The van der Waals surface area contributed by atoms with E-state index >= 15 is 0 Å². The maximum absolute atomic E-state index is 14.4. The Labute approximate surface area is 154 Å². The van der Waals surface area contributed by atoms with Gasteiger partial charge in [-0.3, -0.25) is 0 Å². The first-order valence-corrected chi connectivity index (χ1v) is 7.83. The second-order valence-electron chi connectivity index (χ2n) is 5.71. The summed E-state index contributed by atoms with van der Waals surface area (Å²) in [5.41, 5.74) is -1.17. The Bertz CT molecular complexity index is 1030. The molecule has 3 aromatic rings. The summed E-state index contributed by atoms with van der Waals surface area (Å²) in [6, 6.07) is 2.87. The number of oxime groups is 1. The molecule has 142 valence electrons. The van der Waals surface area contributed by atoms with Crippen LogP contribution in [-0.4, -0.2) is 31.5 Å². The fourth-order valence-electron chi connectivity index (χ4n) is 2.64. The molecule has 6 nitrogen and oxygen atoms in total. The molecule has 0 aliphatic heterocycles. The number of aromatic nitrogens is 3. The third-order valence-corrected chi connectivity index (χ3v) is 4.18. The number of hydrogen-bond acceptors (Lipinski definition) is 5. The van der Waals surface area contributed by atoms with Crippen molar-refractivity contribution in [1.29, 1.82) is 0 Å². The molecule has 0 radical (unpaired) electrons. The molecule has 2 aromatic carbocycles. The van der Waals surface area contributed by atoms with Gasteiger partial charge in [0.1, 0.15) is 11.6 Å². The molecular weight excluding hydrogens is 392 g/mol. The number of aromatic hydroxyl groups is 1. The van der Waals surface area contributed by atoms with Crippen LogP contribution in [-0.2, 0) is 6.18 Å². The van der Waals surface area contributed by atoms with Gasteiger partial charge in [0.2, 0.25) is 0 Å². The van der Waals surface area contributed by atoms with Gasteiger partial charge >= 0.3 is 6.18 Å². The summed E-state index contributed by atoms with van der Waals surface area (Å²) in [5.74, 6) is -1.56. The standard InChI is InChI=1S/C16H11ClF4N4O2/c1-7(6-22-27)25-12-2-8(3-13(26)15(12)23-24-25)14-10(17)4-9(5-11(14)18)16(19,20)21/h2-7,26-27H,1H3. The lowest BCUT2D eigenvalue weighted by Gasteiger charge is -2.13. The minimum absolute atomic E-state index is 0.0351. The second kappa shape index (κ2) is 6.69.